The van der Waals surface area contributed by atoms with E-state index in [1.807, 2.05) is 0 Å². The maximum atomic E-state index is 13.1. The lowest BCUT2D eigenvalue weighted by Crippen LogP contribution is -2.31. The number of amides is 3. The van der Waals surface area contributed by atoms with Crippen LogP contribution in [0.1, 0.15) is 33.6 Å². The van der Waals surface area contributed by atoms with Crippen molar-refractivity contribution in [2.24, 2.45) is 0 Å². The molecule has 0 aromatic heterocycles. The van der Waals surface area contributed by atoms with Crippen molar-refractivity contribution >= 4 is 23.4 Å². The topological polar surface area (TPSA) is 66.5 Å². The minimum absolute atomic E-state index is 0.129. The second-order valence-electron chi connectivity index (χ2n) is 5.47. The van der Waals surface area contributed by atoms with Crippen LogP contribution in [0, 0.1) is 5.82 Å². The highest BCUT2D eigenvalue weighted by Gasteiger charge is 2.34. The van der Waals surface area contributed by atoms with Gasteiger partial charge in [0.05, 0.1) is 11.1 Å². The smallest absolute Gasteiger partial charge is 0.261 e. The Bertz CT molecular complexity index is 784. The van der Waals surface area contributed by atoms with Gasteiger partial charge in [-0.3, -0.25) is 19.3 Å². The molecule has 0 spiro atoms. The zero-order valence-electron chi connectivity index (χ0n) is 12.8. The molecule has 6 heteroatoms. The Kier molecular flexibility index (Phi) is 4.37. The lowest BCUT2D eigenvalue weighted by atomic mass is 10.1. The molecule has 5 nitrogen and oxygen atoms in total. The lowest BCUT2D eigenvalue weighted by Gasteiger charge is -2.13. The van der Waals surface area contributed by atoms with Crippen molar-refractivity contribution in [3.63, 3.8) is 0 Å². The second-order valence-corrected chi connectivity index (χ2v) is 5.47. The molecule has 0 saturated carbocycles. The SMILES string of the molecule is O=C(CCCN1C(=O)c2ccccc2C1=O)Nc1cccc(F)c1. The number of benzene rings is 2. The van der Waals surface area contributed by atoms with Gasteiger partial charge in [0.15, 0.2) is 0 Å². The Morgan fingerprint density at radius 2 is 1.67 bits per heavy atom. The van der Waals surface area contributed by atoms with Crippen LogP contribution >= 0.6 is 0 Å². The van der Waals surface area contributed by atoms with E-state index in [4.69, 9.17) is 0 Å². The lowest BCUT2D eigenvalue weighted by molar-refractivity contribution is -0.116. The zero-order chi connectivity index (χ0) is 17.1. The van der Waals surface area contributed by atoms with Crippen LogP contribution in [-0.2, 0) is 4.79 Å². The molecule has 24 heavy (non-hydrogen) atoms. The minimum atomic E-state index is -0.432. The van der Waals surface area contributed by atoms with Crippen LogP contribution in [0.5, 0.6) is 0 Å². The summed E-state index contributed by atoms with van der Waals surface area (Å²) in [5.41, 5.74) is 1.17. The standard InChI is InChI=1S/C18H15FN2O3/c19-12-5-3-6-13(11-12)20-16(22)9-4-10-21-17(23)14-7-1-2-8-15(14)18(21)24/h1-3,5-8,11H,4,9-10H2,(H,20,22). The van der Waals surface area contributed by atoms with E-state index in [9.17, 15) is 18.8 Å². The summed E-state index contributed by atoms with van der Waals surface area (Å²) in [7, 11) is 0. The van der Waals surface area contributed by atoms with Crippen LogP contribution in [0.4, 0.5) is 10.1 Å². The fourth-order valence-corrected chi connectivity index (χ4v) is 2.63. The average molecular weight is 326 g/mol. The molecule has 3 rings (SSSR count). The van der Waals surface area contributed by atoms with Gasteiger partial charge in [0, 0.05) is 18.7 Å². The number of rotatable bonds is 5. The van der Waals surface area contributed by atoms with Gasteiger partial charge in [0.1, 0.15) is 5.82 Å². The van der Waals surface area contributed by atoms with Crippen molar-refractivity contribution in [3.8, 4) is 0 Å². The van der Waals surface area contributed by atoms with Gasteiger partial charge < -0.3 is 5.32 Å². The number of hydrogen-bond acceptors (Lipinski definition) is 3. The first-order valence-electron chi connectivity index (χ1n) is 7.57. The fourth-order valence-electron chi connectivity index (χ4n) is 2.63. The van der Waals surface area contributed by atoms with E-state index in [1.54, 1.807) is 30.3 Å². The molecule has 0 aliphatic carbocycles. The number of fused-ring (bicyclic) bond motifs is 1. The molecule has 2 aromatic rings. The van der Waals surface area contributed by atoms with Crippen LogP contribution in [-0.4, -0.2) is 29.2 Å². The summed E-state index contributed by atoms with van der Waals surface area (Å²) < 4.78 is 13.1. The summed E-state index contributed by atoms with van der Waals surface area (Å²) in [6.45, 7) is 0.170. The first kappa shape index (κ1) is 15.9. The number of carbonyl (C=O) groups is 3. The van der Waals surface area contributed by atoms with Gasteiger partial charge in [-0.2, -0.15) is 0 Å². The number of anilines is 1. The summed E-state index contributed by atoms with van der Waals surface area (Å²) in [6, 6.07) is 12.3. The Morgan fingerprint density at radius 3 is 2.29 bits per heavy atom. The van der Waals surface area contributed by atoms with Crippen LogP contribution in [0.25, 0.3) is 0 Å². The minimum Gasteiger partial charge on any atom is -0.326 e. The van der Waals surface area contributed by atoms with Gasteiger partial charge in [-0.05, 0) is 36.8 Å². The van der Waals surface area contributed by atoms with Gasteiger partial charge in [0.25, 0.3) is 11.8 Å². The van der Waals surface area contributed by atoms with Gasteiger partial charge in [-0.1, -0.05) is 18.2 Å². The van der Waals surface area contributed by atoms with Crippen LogP contribution < -0.4 is 5.32 Å². The molecule has 0 atom stereocenters. The van der Waals surface area contributed by atoms with Crippen LogP contribution in [0.15, 0.2) is 48.5 Å². The summed E-state index contributed by atoms with van der Waals surface area (Å²) in [6.07, 6.45) is 0.469. The third-order valence-corrected chi connectivity index (χ3v) is 3.77. The summed E-state index contributed by atoms with van der Waals surface area (Å²) >= 11 is 0. The van der Waals surface area contributed by atoms with Crippen molar-refractivity contribution in [2.75, 3.05) is 11.9 Å². The molecule has 0 radical (unpaired) electrons. The summed E-state index contributed by atoms with van der Waals surface area (Å²) in [4.78, 5) is 37.4. The van der Waals surface area contributed by atoms with Crippen molar-refractivity contribution in [1.82, 2.24) is 4.90 Å². The molecule has 2 aromatic carbocycles. The predicted octanol–water partition coefficient (Wildman–Crippen LogP) is 2.84. The third kappa shape index (κ3) is 3.17. The number of carbonyl (C=O) groups excluding carboxylic acids is 3. The van der Waals surface area contributed by atoms with Crippen molar-refractivity contribution in [2.45, 2.75) is 12.8 Å². The number of nitrogens with one attached hydrogen (secondary N) is 1. The maximum absolute atomic E-state index is 13.1. The van der Waals surface area contributed by atoms with Crippen molar-refractivity contribution in [1.29, 1.82) is 0 Å². The van der Waals surface area contributed by atoms with Gasteiger partial charge in [0.2, 0.25) is 5.91 Å². The van der Waals surface area contributed by atoms with E-state index in [2.05, 4.69) is 5.32 Å². The molecule has 0 saturated heterocycles. The first-order valence-corrected chi connectivity index (χ1v) is 7.57. The molecule has 1 aliphatic heterocycles. The third-order valence-electron chi connectivity index (χ3n) is 3.77. The number of hydrogen-bond donors (Lipinski definition) is 1. The summed E-state index contributed by atoms with van der Waals surface area (Å²) in [5.74, 6) is -1.39. The molecule has 0 fully saturated rings. The van der Waals surface area contributed by atoms with E-state index in [1.165, 1.54) is 18.2 Å². The molecule has 3 amide bonds. The largest absolute Gasteiger partial charge is 0.326 e. The van der Waals surface area contributed by atoms with Gasteiger partial charge in [-0.15, -0.1) is 0 Å². The molecule has 0 unspecified atom stereocenters. The summed E-state index contributed by atoms with van der Waals surface area (Å²) in [5, 5.41) is 2.58. The van der Waals surface area contributed by atoms with E-state index in [0.717, 1.165) is 4.90 Å². The highest BCUT2D eigenvalue weighted by molar-refractivity contribution is 6.21. The van der Waals surface area contributed by atoms with E-state index >= 15 is 0 Å². The molecular weight excluding hydrogens is 311 g/mol. The normalized spacial score (nSPS) is 13.1. The monoisotopic (exact) mass is 326 g/mol. The number of halogens is 1. The van der Waals surface area contributed by atoms with E-state index in [-0.39, 0.29) is 30.7 Å². The Labute approximate surface area is 138 Å². The van der Waals surface area contributed by atoms with Crippen LogP contribution in [0.3, 0.4) is 0 Å². The Hall–Kier alpha value is -3.02. The highest BCUT2D eigenvalue weighted by Crippen LogP contribution is 2.22. The second kappa shape index (κ2) is 6.62. The van der Waals surface area contributed by atoms with E-state index in [0.29, 0.717) is 23.2 Å². The fraction of sp³-hybridized carbons (Fsp3) is 0.167. The zero-order valence-corrected chi connectivity index (χ0v) is 12.8. The first-order chi connectivity index (χ1) is 11.6. The molecule has 1 aliphatic rings. The Morgan fingerprint density at radius 1 is 1.00 bits per heavy atom. The Balaban J connectivity index is 1.53. The number of nitrogens with zero attached hydrogens (tertiary/aromatic N) is 1. The van der Waals surface area contributed by atoms with Gasteiger partial charge in [-0.25, -0.2) is 4.39 Å². The molecule has 1 heterocycles. The van der Waals surface area contributed by atoms with Gasteiger partial charge >= 0.3 is 0 Å². The van der Waals surface area contributed by atoms with Crippen LogP contribution in [0.2, 0.25) is 0 Å². The van der Waals surface area contributed by atoms with Crippen molar-refractivity contribution in [3.05, 3.63) is 65.5 Å². The van der Waals surface area contributed by atoms with E-state index < -0.39 is 5.82 Å². The predicted molar refractivity (Wildman–Crippen MR) is 86.1 cm³/mol. The average Bonchev–Trinajstić information content (AvgIpc) is 2.80. The van der Waals surface area contributed by atoms with Crippen molar-refractivity contribution < 1.29 is 18.8 Å². The molecular formula is C18H15FN2O3. The quantitative estimate of drug-likeness (QED) is 0.859. The molecule has 122 valence electrons. The number of imide groups is 1. The maximum Gasteiger partial charge on any atom is 0.261 e. The highest BCUT2D eigenvalue weighted by atomic mass is 19.1. The molecule has 1 N–H and O–H groups in total. The molecule has 0 bridgehead atoms.